The second-order valence-corrected chi connectivity index (χ2v) is 12.3. The third-order valence-corrected chi connectivity index (χ3v) is 6.76. The van der Waals surface area contributed by atoms with E-state index in [-0.39, 0.29) is 17.4 Å². The van der Waals surface area contributed by atoms with Gasteiger partial charge in [0.15, 0.2) is 0 Å². The summed E-state index contributed by atoms with van der Waals surface area (Å²) in [5.74, 6) is 0.396. The summed E-state index contributed by atoms with van der Waals surface area (Å²) >= 11 is 6.28. The van der Waals surface area contributed by atoms with Crippen molar-refractivity contribution in [2.45, 2.75) is 39.8 Å². The molecule has 0 aliphatic heterocycles. The van der Waals surface area contributed by atoms with Crippen LogP contribution in [0, 0.1) is 12.8 Å². The van der Waals surface area contributed by atoms with Gasteiger partial charge in [-0.25, -0.2) is 4.98 Å². The normalized spacial score (nSPS) is 12.1. The smallest absolute Gasteiger partial charge is 0.261 e. The maximum atomic E-state index is 13.9. The molecule has 224 valence electrons. The van der Waals surface area contributed by atoms with Crippen LogP contribution in [0.1, 0.15) is 53.6 Å². The van der Waals surface area contributed by atoms with Crippen molar-refractivity contribution in [3.63, 3.8) is 0 Å². The largest absolute Gasteiger partial charge is 0.330 e. The Morgan fingerprint density at radius 1 is 1.07 bits per heavy atom. The Balaban J connectivity index is 0.000000892. The molecule has 9 nitrogen and oxygen atoms in total. The summed E-state index contributed by atoms with van der Waals surface area (Å²) in [6, 6.07) is 22.0. The van der Waals surface area contributed by atoms with Gasteiger partial charge in [-0.05, 0) is 61.7 Å². The lowest BCUT2D eigenvalue weighted by Crippen LogP contribution is -2.42. The van der Waals surface area contributed by atoms with E-state index in [1.807, 2.05) is 80.3 Å². The van der Waals surface area contributed by atoms with Crippen LogP contribution in [0.25, 0.3) is 10.9 Å². The Kier molecular flexibility index (Phi) is 11.4. The van der Waals surface area contributed by atoms with Crippen LogP contribution in [-0.2, 0) is 16.7 Å². The van der Waals surface area contributed by atoms with Gasteiger partial charge in [0, 0.05) is 17.1 Å². The van der Waals surface area contributed by atoms with E-state index in [1.165, 1.54) is 0 Å². The van der Waals surface area contributed by atoms with Crippen molar-refractivity contribution in [1.82, 2.24) is 14.5 Å². The fraction of sp³-hybridized carbons (Fsp3) is 0.323. The molecule has 4 aromatic rings. The van der Waals surface area contributed by atoms with Crippen LogP contribution in [-0.4, -0.2) is 52.7 Å². The Morgan fingerprint density at radius 2 is 1.69 bits per heavy atom. The topological polar surface area (TPSA) is 136 Å². The number of amides is 1. The van der Waals surface area contributed by atoms with E-state index in [0.717, 1.165) is 11.1 Å². The summed E-state index contributed by atoms with van der Waals surface area (Å²) in [7, 11) is -3.67. The molecule has 1 heterocycles. The van der Waals surface area contributed by atoms with E-state index in [9.17, 15) is 18.0 Å². The molecule has 0 aliphatic rings. The summed E-state index contributed by atoms with van der Waals surface area (Å²) in [4.78, 5) is 34.6. The van der Waals surface area contributed by atoms with Gasteiger partial charge in [-0.2, -0.15) is 8.42 Å². The number of carbonyl (C=O) groups excluding carboxylic acids is 1. The van der Waals surface area contributed by atoms with Crippen molar-refractivity contribution in [3.8, 4) is 0 Å². The minimum atomic E-state index is -3.67. The molecule has 0 saturated heterocycles. The van der Waals surface area contributed by atoms with Crippen LogP contribution in [0.3, 0.4) is 0 Å². The van der Waals surface area contributed by atoms with E-state index >= 15 is 0 Å². The van der Waals surface area contributed by atoms with E-state index in [2.05, 4.69) is 0 Å². The standard InChI is InChI=1S/C30H33ClN4O2.CH4O3S/c1-20(2)27(34(17-7-16-32)29(36)23-12-10-21(3)11-13-23)28-33-26-18-24(31)14-15-25(26)30(37)35(28)19-22-8-5-4-6-9-22;1-5(2,3)4/h4-6,8-15,18,20,27H,7,16-17,19,32H2,1-3H3;1H3,(H,2,3,4). The molecule has 42 heavy (non-hydrogen) atoms. The van der Waals surface area contributed by atoms with Crippen molar-refractivity contribution in [1.29, 1.82) is 0 Å². The first kappa shape index (κ1) is 32.9. The van der Waals surface area contributed by atoms with Gasteiger partial charge in [0.25, 0.3) is 21.6 Å². The Labute approximate surface area is 251 Å². The highest BCUT2D eigenvalue weighted by molar-refractivity contribution is 7.85. The number of benzene rings is 3. The number of carbonyl (C=O) groups is 1. The molecule has 1 atom stereocenters. The van der Waals surface area contributed by atoms with Gasteiger partial charge in [-0.1, -0.05) is 73.5 Å². The minimum Gasteiger partial charge on any atom is -0.330 e. The van der Waals surface area contributed by atoms with Gasteiger partial charge in [0.05, 0.1) is 29.7 Å². The monoisotopic (exact) mass is 612 g/mol. The predicted molar refractivity (Wildman–Crippen MR) is 167 cm³/mol. The maximum Gasteiger partial charge on any atom is 0.261 e. The average Bonchev–Trinajstić information content (AvgIpc) is 2.92. The SMILES string of the molecule is CS(=O)(=O)O.Cc1ccc(C(=O)N(CCCN)C(c2nc3cc(Cl)ccc3c(=O)n2Cc2ccccc2)C(C)C)cc1. The summed E-state index contributed by atoms with van der Waals surface area (Å²) in [6.07, 6.45) is 1.34. The summed E-state index contributed by atoms with van der Waals surface area (Å²) in [5, 5.41) is 0.993. The fourth-order valence-electron chi connectivity index (χ4n) is 4.64. The minimum absolute atomic E-state index is 0.0299. The second-order valence-electron chi connectivity index (χ2n) is 10.4. The summed E-state index contributed by atoms with van der Waals surface area (Å²) < 4.78 is 27.6. The van der Waals surface area contributed by atoms with Crippen molar-refractivity contribution in [3.05, 3.63) is 111 Å². The van der Waals surface area contributed by atoms with E-state index < -0.39 is 16.2 Å². The number of nitrogens with zero attached hydrogens (tertiary/aromatic N) is 3. The van der Waals surface area contributed by atoms with Gasteiger partial charge < -0.3 is 10.6 Å². The molecule has 4 rings (SSSR count). The molecule has 0 spiro atoms. The first-order valence-electron chi connectivity index (χ1n) is 13.5. The zero-order valence-electron chi connectivity index (χ0n) is 24.2. The van der Waals surface area contributed by atoms with Crippen LogP contribution in [0.4, 0.5) is 0 Å². The molecule has 0 aliphatic carbocycles. The number of aryl methyl sites for hydroxylation is 1. The highest BCUT2D eigenvalue weighted by atomic mass is 35.5. The molecule has 3 N–H and O–H groups in total. The van der Waals surface area contributed by atoms with Crippen molar-refractivity contribution in [2.75, 3.05) is 19.3 Å². The van der Waals surface area contributed by atoms with Gasteiger partial charge >= 0.3 is 0 Å². The van der Waals surface area contributed by atoms with Gasteiger partial charge in [-0.3, -0.25) is 18.7 Å². The van der Waals surface area contributed by atoms with Gasteiger partial charge in [0.2, 0.25) is 0 Å². The lowest BCUT2D eigenvalue weighted by atomic mass is 9.98. The first-order chi connectivity index (χ1) is 19.8. The van der Waals surface area contributed by atoms with E-state index in [1.54, 1.807) is 22.8 Å². The molecule has 1 unspecified atom stereocenters. The average molecular weight is 613 g/mol. The predicted octanol–water partition coefficient (Wildman–Crippen LogP) is 5.10. The fourth-order valence-corrected chi connectivity index (χ4v) is 4.81. The van der Waals surface area contributed by atoms with Crippen LogP contribution >= 0.6 is 11.6 Å². The van der Waals surface area contributed by atoms with Crippen molar-refractivity contribution >= 4 is 38.5 Å². The highest BCUT2D eigenvalue weighted by Crippen LogP contribution is 2.30. The molecule has 0 radical (unpaired) electrons. The van der Waals surface area contributed by atoms with Crippen LogP contribution in [0.2, 0.25) is 5.02 Å². The Bertz CT molecular complexity index is 1670. The molecule has 0 bridgehead atoms. The number of rotatable bonds is 9. The molecule has 0 fully saturated rings. The zero-order chi connectivity index (χ0) is 31.0. The molecular formula is C31H37ClN4O5S. The quantitative estimate of drug-likeness (QED) is 0.251. The number of fused-ring (bicyclic) bond motifs is 1. The van der Waals surface area contributed by atoms with Crippen LogP contribution in [0.15, 0.2) is 77.6 Å². The van der Waals surface area contributed by atoms with Gasteiger partial charge in [0.1, 0.15) is 5.82 Å². The number of hydrogen-bond acceptors (Lipinski definition) is 6. The number of nitrogens with two attached hydrogens (primary N) is 1. The number of hydrogen-bond donors (Lipinski definition) is 2. The first-order valence-corrected chi connectivity index (χ1v) is 15.8. The zero-order valence-corrected chi connectivity index (χ0v) is 25.8. The third kappa shape index (κ3) is 8.96. The number of halogens is 1. The molecule has 1 aromatic heterocycles. The Morgan fingerprint density at radius 3 is 2.26 bits per heavy atom. The lowest BCUT2D eigenvalue weighted by molar-refractivity contribution is 0.0602. The van der Waals surface area contributed by atoms with Crippen LogP contribution in [0.5, 0.6) is 0 Å². The molecule has 1 amide bonds. The summed E-state index contributed by atoms with van der Waals surface area (Å²) in [6.45, 7) is 7.31. The highest BCUT2D eigenvalue weighted by Gasteiger charge is 2.32. The third-order valence-electron chi connectivity index (χ3n) is 6.52. The van der Waals surface area contributed by atoms with Crippen LogP contribution < -0.4 is 11.3 Å². The molecule has 11 heteroatoms. The maximum absolute atomic E-state index is 13.9. The van der Waals surface area contributed by atoms with Crippen molar-refractivity contribution in [2.24, 2.45) is 11.7 Å². The van der Waals surface area contributed by atoms with E-state index in [0.29, 0.717) is 59.6 Å². The lowest BCUT2D eigenvalue weighted by Gasteiger charge is -2.35. The second kappa shape index (κ2) is 14.6. The number of aromatic nitrogens is 2. The Hall–Kier alpha value is -3.57. The molecule has 3 aromatic carbocycles. The molecule has 0 saturated carbocycles. The molecular weight excluding hydrogens is 576 g/mol. The van der Waals surface area contributed by atoms with Gasteiger partial charge in [-0.15, -0.1) is 0 Å². The summed E-state index contributed by atoms with van der Waals surface area (Å²) in [5.41, 5.74) is 8.88. The van der Waals surface area contributed by atoms with E-state index in [4.69, 9.17) is 26.9 Å². The van der Waals surface area contributed by atoms with Crippen molar-refractivity contribution < 1.29 is 17.8 Å².